The molecule has 0 heterocycles. The first-order valence-corrected chi connectivity index (χ1v) is 3.85. The van der Waals surface area contributed by atoms with Crippen LogP contribution in [0.4, 0.5) is 0 Å². The summed E-state index contributed by atoms with van der Waals surface area (Å²) in [4.78, 5) is 9.82. The van der Waals surface area contributed by atoms with Gasteiger partial charge in [0.05, 0.1) is 12.7 Å². The molecular weight excluding hydrogens is 160 g/mol. The molecule has 0 aromatic heterocycles. The average molecular weight is 180 g/mol. The quantitative estimate of drug-likeness (QED) is 0.629. The molecule has 0 bridgehead atoms. The number of aliphatic hydroxyl groups excluding tert-OH is 1. The van der Waals surface area contributed by atoms with Gasteiger partial charge in [0, 0.05) is 6.92 Å². The predicted molar refractivity (Wildman–Crippen MR) is 47.9 cm³/mol. The van der Waals surface area contributed by atoms with Gasteiger partial charge in [0.15, 0.2) is 0 Å². The van der Waals surface area contributed by atoms with Crippen LogP contribution in [0.15, 0.2) is 0 Å². The highest BCUT2D eigenvalue weighted by Crippen LogP contribution is 1.81. The maximum atomic E-state index is 9.82. The molecule has 0 spiro atoms. The molecule has 3 N–H and O–H groups in total. The van der Waals surface area contributed by atoms with E-state index in [0.29, 0.717) is 6.61 Å². The van der Waals surface area contributed by atoms with Crippen molar-refractivity contribution in [3.8, 4) is 0 Å². The SMILES string of the molecule is CCC(C)O.CCOC(C)=O.O. The van der Waals surface area contributed by atoms with Crippen molar-refractivity contribution in [1.29, 1.82) is 0 Å². The third-order valence-corrected chi connectivity index (χ3v) is 0.938. The second-order valence-corrected chi connectivity index (χ2v) is 2.18. The van der Waals surface area contributed by atoms with Crippen LogP contribution in [0.2, 0.25) is 0 Å². The largest absolute Gasteiger partial charge is 0.466 e. The van der Waals surface area contributed by atoms with Gasteiger partial charge in [0.2, 0.25) is 0 Å². The Labute approximate surface area is 73.8 Å². The van der Waals surface area contributed by atoms with Crippen LogP contribution in [0.5, 0.6) is 0 Å². The Morgan fingerprint density at radius 1 is 1.50 bits per heavy atom. The van der Waals surface area contributed by atoms with Crippen LogP contribution in [0, 0.1) is 0 Å². The van der Waals surface area contributed by atoms with Crippen molar-refractivity contribution in [1.82, 2.24) is 0 Å². The van der Waals surface area contributed by atoms with Crippen LogP contribution in [0.1, 0.15) is 34.1 Å². The number of rotatable bonds is 2. The molecular formula is C8H20O4. The van der Waals surface area contributed by atoms with Crippen molar-refractivity contribution in [3.05, 3.63) is 0 Å². The van der Waals surface area contributed by atoms with Crippen molar-refractivity contribution < 1.29 is 20.1 Å². The number of ether oxygens (including phenoxy) is 1. The maximum absolute atomic E-state index is 9.82. The van der Waals surface area contributed by atoms with E-state index in [2.05, 4.69) is 4.74 Å². The molecule has 0 aliphatic rings. The molecule has 0 fully saturated rings. The zero-order chi connectivity index (χ0) is 9.28. The van der Waals surface area contributed by atoms with Gasteiger partial charge in [0.1, 0.15) is 0 Å². The number of aliphatic hydroxyl groups is 1. The van der Waals surface area contributed by atoms with E-state index in [-0.39, 0.29) is 17.5 Å². The summed E-state index contributed by atoms with van der Waals surface area (Å²) in [6.07, 6.45) is 0.745. The molecule has 0 aromatic rings. The van der Waals surface area contributed by atoms with Gasteiger partial charge in [-0.15, -0.1) is 0 Å². The second kappa shape index (κ2) is 13.0. The molecule has 0 aliphatic heterocycles. The summed E-state index contributed by atoms with van der Waals surface area (Å²) in [5, 5.41) is 8.36. The van der Waals surface area contributed by atoms with E-state index in [1.165, 1.54) is 6.92 Å². The van der Waals surface area contributed by atoms with Crippen LogP contribution >= 0.6 is 0 Å². The third kappa shape index (κ3) is 34.3. The molecule has 0 rings (SSSR count). The minimum atomic E-state index is -0.211. The van der Waals surface area contributed by atoms with Crippen LogP contribution in [0.3, 0.4) is 0 Å². The van der Waals surface area contributed by atoms with E-state index in [0.717, 1.165) is 6.42 Å². The number of carbonyl (C=O) groups is 1. The highest BCUT2D eigenvalue weighted by Gasteiger charge is 1.82. The monoisotopic (exact) mass is 180 g/mol. The molecule has 0 aliphatic carbocycles. The lowest BCUT2D eigenvalue weighted by Crippen LogP contribution is -1.95. The molecule has 4 heteroatoms. The summed E-state index contributed by atoms with van der Waals surface area (Å²) >= 11 is 0. The summed E-state index contributed by atoms with van der Waals surface area (Å²) in [6.45, 7) is 7.38. The standard InChI is InChI=1S/C4H8O2.C4H10O.H2O/c1-3-6-4(2)5;1-3-4(2)5;/h3H2,1-2H3;4-5H,3H2,1-2H3;1H2. The fraction of sp³-hybridized carbons (Fsp3) is 0.875. The van der Waals surface area contributed by atoms with Crippen molar-refractivity contribution in [2.24, 2.45) is 0 Å². The van der Waals surface area contributed by atoms with Crippen LogP contribution < -0.4 is 0 Å². The lowest BCUT2D eigenvalue weighted by molar-refractivity contribution is -0.140. The summed E-state index contributed by atoms with van der Waals surface area (Å²) in [6, 6.07) is 0. The lowest BCUT2D eigenvalue weighted by atomic mass is 10.3. The Balaban J connectivity index is -0.000000126. The normalized spacial score (nSPS) is 10.1. The highest BCUT2D eigenvalue weighted by molar-refractivity contribution is 5.65. The molecule has 0 radical (unpaired) electrons. The summed E-state index contributed by atoms with van der Waals surface area (Å²) in [5.41, 5.74) is 0. The smallest absolute Gasteiger partial charge is 0.302 e. The van der Waals surface area contributed by atoms with Crippen molar-refractivity contribution in [3.63, 3.8) is 0 Å². The van der Waals surface area contributed by atoms with Crippen LogP contribution in [-0.2, 0) is 9.53 Å². The van der Waals surface area contributed by atoms with E-state index in [4.69, 9.17) is 5.11 Å². The minimum absolute atomic E-state index is 0. The van der Waals surface area contributed by atoms with E-state index >= 15 is 0 Å². The molecule has 76 valence electrons. The number of hydrogen-bond donors (Lipinski definition) is 1. The first kappa shape index (κ1) is 17.5. The van der Waals surface area contributed by atoms with E-state index in [1.54, 1.807) is 13.8 Å². The Kier molecular flexibility index (Phi) is 18.9. The topological polar surface area (TPSA) is 78.0 Å². The Bertz CT molecular complexity index is 91.1. The summed E-state index contributed by atoms with van der Waals surface area (Å²) in [7, 11) is 0. The molecule has 1 unspecified atom stereocenters. The van der Waals surface area contributed by atoms with E-state index < -0.39 is 0 Å². The van der Waals surface area contributed by atoms with Gasteiger partial charge in [-0.05, 0) is 20.3 Å². The van der Waals surface area contributed by atoms with Crippen molar-refractivity contribution >= 4 is 5.97 Å². The minimum Gasteiger partial charge on any atom is -0.466 e. The highest BCUT2D eigenvalue weighted by atomic mass is 16.5. The zero-order valence-electron chi connectivity index (χ0n) is 8.26. The fourth-order valence-electron chi connectivity index (χ4n) is 0.203. The zero-order valence-corrected chi connectivity index (χ0v) is 8.26. The second-order valence-electron chi connectivity index (χ2n) is 2.18. The Morgan fingerprint density at radius 2 is 1.83 bits per heavy atom. The number of hydrogen-bond acceptors (Lipinski definition) is 3. The van der Waals surface area contributed by atoms with Gasteiger partial charge in [-0.3, -0.25) is 4.79 Å². The first-order chi connectivity index (χ1) is 5.04. The Hall–Kier alpha value is -0.610. The third-order valence-electron chi connectivity index (χ3n) is 0.938. The van der Waals surface area contributed by atoms with Gasteiger partial charge in [-0.2, -0.15) is 0 Å². The number of esters is 1. The van der Waals surface area contributed by atoms with Gasteiger partial charge in [-0.25, -0.2) is 0 Å². The molecule has 4 nitrogen and oxygen atoms in total. The van der Waals surface area contributed by atoms with Gasteiger partial charge in [-0.1, -0.05) is 6.92 Å². The van der Waals surface area contributed by atoms with Crippen LogP contribution in [0.25, 0.3) is 0 Å². The first-order valence-electron chi connectivity index (χ1n) is 3.85. The average Bonchev–Trinajstić information content (AvgIpc) is 1.89. The number of carbonyl (C=O) groups excluding carboxylic acids is 1. The molecule has 12 heavy (non-hydrogen) atoms. The molecule has 0 saturated carbocycles. The summed E-state index contributed by atoms with van der Waals surface area (Å²) in [5.74, 6) is -0.211. The summed E-state index contributed by atoms with van der Waals surface area (Å²) < 4.78 is 4.40. The maximum Gasteiger partial charge on any atom is 0.302 e. The van der Waals surface area contributed by atoms with Crippen molar-refractivity contribution in [2.45, 2.75) is 40.2 Å². The van der Waals surface area contributed by atoms with Crippen molar-refractivity contribution in [2.75, 3.05) is 6.61 Å². The lowest BCUT2D eigenvalue weighted by Gasteiger charge is -1.90. The fourth-order valence-corrected chi connectivity index (χ4v) is 0.203. The molecule has 0 saturated heterocycles. The van der Waals surface area contributed by atoms with Gasteiger partial charge < -0.3 is 15.3 Å². The molecule has 0 aromatic carbocycles. The van der Waals surface area contributed by atoms with E-state index in [9.17, 15) is 4.79 Å². The van der Waals surface area contributed by atoms with Gasteiger partial charge >= 0.3 is 5.97 Å². The van der Waals surface area contributed by atoms with E-state index in [1.807, 2.05) is 6.92 Å². The molecule has 1 atom stereocenters. The van der Waals surface area contributed by atoms with Gasteiger partial charge in [0.25, 0.3) is 0 Å². The van der Waals surface area contributed by atoms with Crippen LogP contribution in [-0.4, -0.2) is 29.3 Å². The molecule has 0 amide bonds. The predicted octanol–water partition coefficient (Wildman–Crippen LogP) is 0.522. The Morgan fingerprint density at radius 3 is 1.83 bits per heavy atom.